The highest BCUT2D eigenvalue weighted by atomic mass is 32.2. The molecule has 0 aliphatic rings. The normalized spacial score (nSPS) is 12.1. The molecular weight excluding hydrogens is 346 g/mol. The molecule has 0 aliphatic carbocycles. The molecule has 0 saturated heterocycles. The number of nitrogens with one attached hydrogen (secondary N) is 2. The highest BCUT2D eigenvalue weighted by Crippen LogP contribution is 2.24. The minimum atomic E-state index is -0.342. The van der Waals surface area contributed by atoms with Gasteiger partial charge in [0, 0.05) is 5.69 Å². The zero-order valence-corrected chi connectivity index (χ0v) is 15.6. The number of para-hydroxylation sites is 1. The largest absolute Gasteiger partial charge is 0.325 e. The van der Waals surface area contributed by atoms with Gasteiger partial charge in [0.25, 0.3) is 5.56 Å². The van der Waals surface area contributed by atoms with Crippen molar-refractivity contribution < 1.29 is 4.79 Å². The number of amides is 1. The average molecular weight is 367 g/mol. The molecule has 0 radical (unpaired) electrons. The number of aromatic nitrogens is 2. The van der Waals surface area contributed by atoms with E-state index in [2.05, 4.69) is 22.2 Å². The molecule has 0 bridgehead atoms. The summed E-state index contributed by atoms with van der Waals surface area (Å²) in [4.78, 5) is 32.0. The van der Waals surface area contributed by atoms with Crippen LogP contribution in [0.25, 0.3) is 10.9 Å². The van der Waals surface area contributed by atoms with Gasteiger partial charge in [-0.1, -0.05) is 49.9 Å². The molecule has 1 heterocycles. The van der Waals surface area contributed by atoms with Gasteiger partial charge in [0.2, 0.25) is 5.91 Å². The van der Waals surface area contributed by atoms with Gasteiger partial charge in [0.15, 0.2) is 5.16 Å². The first kappa shape index (κ1) is 18.2. The summed E-state index contributed by atoms with van der Waals surface area (Å²) < 4.78 is 0. The van der Waals surface area contributed by atoms with E-state index in [1.807, 2.05) is 37.3 Å². The first-order chi connectivity index (χ1) is 12.6. The molecule has 3 rings (SSSR count). The van der Waals surface area contributed by atoms with E-state index in [0.717, 1.165) is 12.1 Å². The monoisotopic (exact) mass is 367 g/mol. The van der Waals surface area contributed by atoms with Crippen molar-refractivity contribution in [3.8, 4) is 0 Å². The maximum absolute atomic E-state index is 12.6. The van der Waals surface area contributed by atoms with E-state index in [1.165, 1.54) is 17.3 Å². The Bertz CT molecular complexity index is 967. The Morgan fingerprint density at radius 1 is 1.15 bits per heavy atom. The minimum Gasteiger partial charge on any atom is -0.325 e. The number of carbonyl (C=O) groups is 1. The van der Waals surface area contributed by atoms with Crippen LogP contribution in [0, 0.1) is 0 Å². The Morgan fingerprint density at radius 2 is 1.88 bits per heavy atom. The van der Waals surface area contributed by atoms with E-state index >= 15 is 0 Å². The van der Waals surface area contributed by atoms with Gasteiger partial charge >= 0.3 is 0 Å². The second-order valence-corrected chi connectivity index (χ2v) is 7.13. The van der Waals surface area contributed by atoms with Gasteiger partial charge in [-0.2, -0.15) is 0 Å². The molecule has 6 heteroatoms. The summed E-state index contributed by atoms with van der Waals surface area (Å²) >= 11 is 1.27. The number of benzene rings is 2. The number of nitrogens with zero attached hydrogens (tertiary/aromatic N) is 1. The molecule has 0 spiro atoms. The van der Waals surface area contributed by atoms with Gasteiger partial charge < -0.3 is 10.3 Å². The zero-order chi connectivity index (χ0) is 18.5. The molecule has 1 aromatic heterocycles. The lowest BCUT2D eigenvalue weighted by Gasteiger charge is -2.14. The standard InChI is InChI=1S/C20H21N3O2S/c1-3-13-9-11-14(12-10-13)21-19(25)17(4-2)26-20-22-16-8-6-5-7-15(16)18(24)23-20/h5-12,17H,3-4H2,1-2H3,(H,21,25)(H,22,23,24). The van der Waals surface area contributed by atoms with Crippen LogP contribution in [0.1, 0.15) is 25.8 Å². The topological polar surface area (TPSA) is 74.8 Å². The SMILES string of the molecule is CCc1ccc(NC(=O)C(CC)Sc2nc3ccccc3c(=O)[nH]2)cc1. The lowest BCUT2D eigenvalue weighted by Crippen LogP contribution is -2.25. The molecule has 1 unspecified atom stereocenters. The fourth-order valence-electron chi connectivity index (χ4n) is 2.62. The van der Waals surface area contributed by atoms with Crippen molar-refractivity contribution >= 4 is 34.3 Å². The molecular formula is C20H21N3O2S. The quantitative estimate of drug-likeness (QED) is 0.510. The molecule has 1 amide bonds. The van der Waals surface area contributed by atoms with Gasteiger partial charge in [-0.3, -0.25) is 9.59 Å². The highest BCUT2D eigenvalue weighted by molar-refractivity contribution is 8.00. The van der Waals surface area contributed by atoms with Crippen molar-refractivity contribution in [2.45, 2.75) is 37.1 Å². The van der Waals surface area contributed by atoms with Crippen molar-refractivity contribution in [2.75, 3.05) is 5.32 Å². The van der Waals surface area contributed by atoms with Crippen LogP contribution in [0.2, 0.25) is 0 Å². The fourth-order valence-corrected chi connectivity index (χ4v) is 3.53. The summed E-state index contributed by atoms with van der Waals surface area (Å²) in [6.45, 7) is 4.03. The molecule has 0 fully saturated rings. The maximum Gasteiger partial charge on any atom is 0.259 e. The molecule has 3 aromatic rings. The third-order valence-corrected chi connectivity index (χ3v) is 5.39. The molecule has 26 heavy (non-hydrogen) atoms. The van der Waals surface area contributed by atoms with Crippen LogP contribution < -0.4 is 10.9 Å². The van der Waals surface area contributed by atoms with Crippen molar-refractivity contribution in [1.82, 2.24) is 9.97 Å². The van der Waals surface area contributed by atoms with Crippen LogP contribution in [-0.4, -0.2) is 21.1 Å². The lowest BCUT2D eigenvalue weighted by atomic mass is 10.1. The average Bonchev–Trinajstić information content (AvgIpc) is 2.66. The number of hydrogen-bond acceptors (Lipinski definition) is 4. The van der Waals surface area contributed by atoms with Crippen molar-refractivity contribution in [2.24, 2.45) is 0 Å². The number of rotatable bonds is 6. The van der Waals surface area contributed by atoms with Crippen LogP contribution in [0.3, 0.4) is 0 Å². The predicted octanol–water partition coefficient (Wildman–Crippen LogP) is 3.99. The molecule has 0 saturated carbocycles. The summed E-state index contributed by atoms with van der Waals surface area (Å²) in [5.74, 6) is -0.0995. The fraction of sp³-hybridized carbons (Fsp3) is 0.250. The molecule has 5 nitrogen and oxygen atoms in total. The summed E-state index contributed by atoms with van der Waals surface area (Å²) in [5, 5.41) is 3.60. The van der Waals surface area contributed by atoms with Gasteiger partial charge in [0.1, 0.15) is 0 Å². The Labute approximate surface area is 156 Å². The number of anilines is 1. The van der Waals surface area contributed by atoms with Gasteiger partial charge in [-0.05, 0) is 42.7 Å². The Hall–Kier alpha value is -2.60. The second kappa shape index (κ2) is 8.19. The van der Waals surface area contributed by atoms with E-state index in [1.54, 1.807) is 18.2 Å². The van der Waals surface area contributed by atoms with E-state index in [4.69, 9.17) is 0 Å². The van der Waals surface area contributed by atoms with E-state index in [-0.39, 0.29) is 16.7 Å². The minimum absolute atomic E-state index is 0.0995. The number of fused-ring (bicyclic) bond motifs is 1. The highest BCUT2D eigenvalue weighted by Gasteiger charge is 2.20. The van der Waals surface area contributed by atoms with Crippen molar-refractivity contribution in [3.05, 3.63) is 64.4 Å². The molecule has 2 aromatic carbocycles. The first-order valence-electron chi connectivity index (χ1n) is 8.66. The first-order valence-corrected chi connectivity index (χ1v) is 9.54. The van der Waals surface area contributed by atoms with Gasteiger partial charge in [-0.15, -0.1) is 0 Å². The lowest BCUT2D eigenvalue weighted by molar-refractivity contribution is -0.115. The van der Waals surface area contributed by atoms with E-state index in [0.29, 0.717) is 22.5 Å². The Balaban J connectivity index is 1.76. The molecule has 2 N–H and O–H groups in total. The van der Waals surface area contributed by atoms with Gasteiger partial charge in [-0.25, -0.2) is 4.98 Å². The zero-order valence-electron chi connectivity index (χ0n) is 14.8. The number of carbonyl (C=O) groups excluding carboxylic acids is 1. The van der Waals surface area contributed by atoms with Crippen molar-refractivity contribution in [1.29, 1.82) is 0 Å². The maximum atomic E-state index is 12.6. The predicted molar refractivity (Wildman–Crippen MR) is 107 cm³/mol. The summed E-state index contributed by atoms with van der Waals surface area (Å²) in [6.07, 6.45) is 1.59. The molecule has 0 aliphatic heterocycles. The second-order valence-electron chi connectivity index (χ2n) is 5.94. The number of hydrogen-bond donors (Lipinski definition) is 2. The summed E-state index contributed by atoms with van der Waals surface area (Å²) in [7, 11) is 0. The van der Waals surface area contributed by atoms with Crippen LogP contribution in [0.5, 0.6) is 0 Å². The number of aryl methyl sites for hydroxylation is 1. The van der Waals surface area contributed by atoms with Crippen LogP contribution in [0.15, 0.2) is 58.5 Å². The number of H-pyrrole nitrogens is 1. The smallest absolute Gasteiger partial charge is 0.259 e. The van der Waals surface area contributed by atoms with Crippen molar-refractivity contribution in [3.63, 3.8) is 0 Å². The summed E-state index contributed by atoms with van der Waals surface area (Å²) in [5.41, 5.74) is 2.43. The van der Waals surface area contributed by atoms with Gasteiger partial charge in [0.05, 0.1) is 16.2 Å². The van der Waals surface area contributed by atoms with Crippen LogP contribution >= 0.6 is 11.8 Å². The summed E-state index contributed by atoms with van der Waals surface area (Å²) in [6, 6.07) is 15.0. The third-order valence-electron chi connectivity index (χ3n) is 4.14. The molecule has 1 atom stereocenters. The van der Waals surface area contributed by atoms with Crippen LogP contribution in [-0.2, 0) is 11.2 Å². The third kappa shape index (κ3) is 4.14. The van der Waals surface area contributed by atoms with E-state index in [9.17, 15) is 9.59 Å². The van der Waals surface area contributed by atoms with E-state index < -0.39 is 0 Å². The number of aromatic amines is 1. The molecule has 134 valence electrons. The Morgan fingerprint density at radius 3 is 2.58 bits per heavy atom. The Kier molecular flexibility index (Phi) is 5.73. The number of thioether (sulfide) groups is 1. The van der Waals surface area contributed by atoms with Crippen LogP contribution in [0.4, 0.5) is 5.69 Å².